The number of pyridine rings is 1. The second-order valence-corrected chi connectivity index (χ2v) is 5.14. The third-order valence-corrected chi connectivity index (χ3v) is 3.60. The van der Waals surface area contributed by atoms with E-state index in [1.54, 1.807) is 0 Å². The van der Waals surface area contributed by atoms with Crippen molar-refractivity contribution in [1.29, 1.82) is 0 Å². The fraction of sp³-hybridized carbons (Fsp3) is 0.643. The molecule has 0 fully saturated rings. The smallest absolute Gasteiger partial charge is 0.0451 e. The van der Waals surface area contributed by atoms with Crippen LogP contribution >= 0.6 is 0 Å². The van der Waals surface area contributed by atoms with E-state index in [0.29, 0.717) is 12.0 Å². The number of nitrogens with zero attached hydrogens (tertiary/aromatic N) is 1. The average Bonchev–Trinajstić information content (AvgIpc) is 2.36. The van der Waals surface area contributed by atoms with Crippen molar-refractivity contribution in [3.05, 3.63) is 29.6 Å². The van der Waals surface area contributed by atoms with Crippen LogP contribution < -0.4 is 11.1 Å². The molecule has 3 heteroatoms. The Bertz CT molecular complexity index is 351. The molecule has 2 rings (SSSR count). The first-order chi connectivity index (χ1) is 8.29. The quantitative estimate of drug-likeness (QED) is 0.810. The molecule has 0 radical (unpaired) electrons. The van der Waals surface area contributed by atoms with E-state index in [4.69, 9.17) is 5.73 Å². The number of nitrogens with two attached hydrogens (primary N) is 1. The topological polar surface area (TPSA) is 50.9 Å². The predicted octanol–water partition coefficient (Wildman–Crippen LogP) is 1.51. The van der Waals surface area contributed by atoms with Crippen LogP contribution in [-0.4, -0.2) is 24.1 Å². The van der Waals surface area contributed by atoms with E-state index >= 15 is 0 Å². The molecule has 0 saturated carbocycles. The molecule has 1 aromatic rings. The number of nitrogens with one attached hydrogen (secondary N) is 1. The van der Waals surface area contributed by atoms with Crippen molar-refractivity contribution < 1.29 is 0 Å². The zero-order valence-corrected chi connectivity index (χ0v) is 10.7. The lowest BCUT2D eigenvalue weighted by molar-refractivity contribution is 0.400. The molecule has 0 aromatic carbocycles. The molecule has 3 nitrogen and oxygen atoms in total. The van der Waals surface area contributed by atoms with Crippen molar-refractivity contribution in [2.75, 3.05) is 13.1 Å². The van der Waals surface area contributed by atoms with Crippen molar-refractivity contribution in [1.82, 2.24) is 10.3 Å². The first-order valence-corrected chi connectivity index (χ1v) is 6.66. The molecule has 1 aliphatic rings. The second kappa shape index (κ2) is 6.12. The van der Waals surface area contributed by atoms with E-state index in [-0.39, 0.29) is 0 Å². The highest BCUT2D eigenvalue weighted by Gasteiger charge is 2.19. The number of hydrogen-bond acceptors (Lipinski definition) is 3. The van der Waals surface area contributed by atoms with E-state index in [0.717, 1.165) is 32.4 Å². The molecule has 1 heterocycles. The van der Waals surface area contributed by atoms with Gasteiger partial charge in [-0.1, -0.05) is 13.0 Å². The van der Waals surface area contributed by atoms with E-state index in [1.807, 2.05) is 12.3 Å². The Morgan fingerprint density at radius 2 is 2.47 bits per heavy atom. The lowest BCUT2D eigenvalue weighted by Crippen LogP contribution is -2.37. The summed E-state index contributed by atoms with van der Waals surface area (Å²) in [5.41, 5.74) is 8.27. The molecule has 2 atom stereocenters. The maximum atomic E-state index is 5.56. The Kier molecular flexibility index (Phi) is 4.51. The van der Waals surface area contributed by atoms with Gasteiger partial charge in [0.15, 0.2) is 0 Å². The molecule has 0 bridgehead atoms. The first kappa shape index (κ1) is 12.5. The van der Waals surface area contributed by atoms with E-state index < -0.39 is 0 Å². The number of hydrogen-bond donors (Lipinski definition) is 2. The molecule has 17 heavy (non-hydrogen) atoms. The highest BCUT2D eigenvalue weighted by atomic mass is 14.9. The molecule has 2 unspecified atom stereocenters. The van der Waals surface area contributed by atoms with E-state index in [9.17, 15) is 0 Å². The predicted molar refractivity (Wildman–Crippen MR) is 70.9 cm³/mol. The Labute approximate surface area is 104 Å². The number of rotatable bonds is 5. The van der Waals surface area contributed by atoms with Gasteiger partial charge >= 0.3 is 0 Å². The van der Waals surface area contributed by atoms with Gasteiger partial charge in [0, 0.05) is 24.4 Å². The molecule has 0 aliphatic heterocycles. The fourth-order valence-corrected chi connectivity index (χ4v) is 2.48. The molecular weight excluding hydrogens is 210 g/mol. The maximum Gasteiger partial charge on any atom is 0.0451 e. The van der Waals surface area contributed by atoms with Crippen LogP contribution in [0.2, 0.25) is 0 Å². The van der Waals surface area contributed by atoms with E-state index in [2.05, 4.69) is 23.3 Å². The standard InChI is InChI=1S/C14H23N3/c1-11(6-7-15)10-17-13-5-4-12-3-2-8-16-14(12)9-13/h2-3,8,11,13,17H,4-7,9-10,15H2,1H3. The van der Waals surface area contributed by atoms with Crippen molar-refractivity contribution in [3.63, 3.8) is 0 Å². The normalized spacial score (nSPS) is 20.9. The summed E-state index contributed by atoms with van der Waals surface area (Å²) in [6, 6.07) is 4.84. The van der Waals surface area contributed by atoms with Gasteiger partial charge in [0.05, 0.1) is 0 Å². The van der Waals surface area contributed by atoms with Crippen LogP contribution in [0.1, 0.15) is 31.0 Å². The number of fused-ring (bicyclic) bond motifs is 1. The monoisotopic (exact) mass is 233 g/mol. The van der Waals surface area contributed by atoms with Crippen LogP contribution in [-0.2, 0) is 12.8 Å². The summed E-state index contributed by atoms with van der Waals surface area (Å²) in [7, 11) is 0. The summed E-state index contributed by atoms with van der Waals surface area (Å²) in [5, 5.41) is 3.65. The van der Waals surface area contributed by atoms with Crippen LogP contribution in [0, 0.1) is 5.92 Å². The number of aromatic nitrogens is 1. The minimum atomic E-state index is 0.595. The van der Waals surface area contributed by atoms with Gasteiger partial charge in [-0.25, -0.2) is 0 Å². The second-order valence-electron chi connectivity index (χ2n) is 5.14. The molecule has 3 N–H and O–H groups in total. The Hall–Kier alpha value is -0.930. The zero-order valence-electron chi connectivity index (χ0n) is 10.7. The fourth-order valence-electron chi connectivity index (χ4n) is 2.48. The van der Waals surface area contributed by atoms with Crippen molar-refractivity contribution in [3.8, 4) is 0 Å². The zero-order chi connectivity index (χ0) is 12.1. The molecule has 94 valence electrons. The third-order valence-electron chi connectivity index (χ3n) is 3.60. The number of aryl methyl sites for hydroxylation is 1. The highest BCUT2D eigenvalue weighted by molar-refractivity contribution is 5.23. The molecule has 0 amide bonds. The average molecular weight is 233 g/mol. The van der Waals surface area contributed by atoms with Crippen LogP contribution in [0.25, 0.3) is 0 Å². The van der Waals surface area contributed by atoms with Gasteiger partial charge in [0.2, 0.25) is 0 Å². The molecule has 1 aliphatic carbocycles. The third kappa shape index (κ3) is 3.51. The molecule has 0 saturated heterocycles. The lowest BCUT2D eigenvalue weighted by atomic mass is 9.91. The summed E-state index contributed by atoms with van der Waals surface area (Å²) < 4.78 is 0. The highest BCUT2D eigenvalue weighted by Crippen LogP contribution is 2.19. The molecular formula is C14H23N3. The van der Waals surface area contributed by atoms with Gasteiger partial charge < -0.3 is 11.1 Å². The Morgan fingerprint density at radius 1 is 1.59 bits per heavy atom. The van der Waals surface area contributed by atoms with Crippen LogP contribution in [0.4, 0.5) is 0 Å². The van der Waals surface area contributed by atoms with Gasteiger partial charge in [0.1, 0.15) is 0 Å². The minimum Gasteiger partial charge on any atom is -0.330 e. The lowest BCUT2D eigenvalue weighted by Gasteiger charge is -2.26. The van der Waals surface area contributed by atoms with Gasteiger partial charge in [-0.15, -0.1) is 0 Å². The Balaban J connectivity index is 1.82. The van der Waals surface area contributed by atoms with Gasteiger partial charge in [-0.2, -0.15) is 0 Å². The van der Waals surface area contributed by atoms with E-state index in [1.165, 1.54) is 17.7 Å². The van der Waals surface area contributed by atoms with Crippen LogP contribution in [0.5, 0.6) is 0 Å². The van der Waals surface area contributed by atoms with Gasteiger partial charge in [-0.05, 0) is 49.9 Å². The van der Waals surface area contributed by atoms with Crippen molar-refractivity contribution in [2.24, 2.45) is 11.7 Å². The largest absolute Gasteiger partial charge is 0.330 e. The van der Waals surface area contributed by atoms with Crippen LogP contribution in [0.3, 0.4) is 0 Å². The SMILES string of the molecule is CC(CCN)CNC1CCc2cccnc2C1. The summed E-state index contributed by atoms with van der Waals surface area (Å²) in [6.07, 6.45) is 6.47. The van der Waals surface area contributed by atoms with Crippen molar-refractivity contribution in [2.45, 2.75) is 38.6 Å². The summed E-state index contributed by atoms with van der Waals surface area (Å²) in [4.78, 5) is 4.47. The maximum absolute atomic E-state index is 5.56. The molecule has 0 spiro atoms. The van der Waals surface area contributed by atoms with Gasteiger partial charge in [0.25, 0.3) is 0 Å². The summed E-state index contributed by atoms with van der Waals surface area (Å²) >= 11 is 0. The first-order valence-electron chi connectivity index (χ1n) is 6.66. The summed E-state index contributed by atoms with van der Waals surface area (Å²) in [6.45, 7) is 4.12. The Morgan fingerprint density at radius 3 is 3.29 bits per heavy atom. The van der Waals surface area contributed by atoms with Crippen LogP contribution in [0.15, 0.2) is 18.3 Å². The van der Waals surface area contributed by atoms with Gasteiger partial charge in [-0.3, -0.25) is 4.98 Å². The minimum absolute atomic E-state index is 0.595. The summed E-state index contributed by atoms with van der Waals surface area (Å²) in [5.74, 6) is 0.671. The molecule has 1 aromatic heterocycles. The van der Waals surface area contributed by atoms with Crippen molar-refractivity contribution >= 4 is 0 Å².